The van der Waals surface area contributed by atoms with Gasteiger partial charge in [0.15, 0.2) is 5.82 Å². The number of nitrogens with one attached hydrogen (secondary N) is 1. The van der Waals surface area contributed by atoms with Gasteiger partial charge in [0.1, 0.15) is 18.0 Å². The van der Waals surface area contributed by atoms with Crippen LogP contribution in [0.5, 0.6) is 0 Å². The van der Waals surface area contributed by atoms with Gasteiger partial charge < -0.3 is 5.32 Å². The van der Waals surface area contributed by atoms with Crippen LogP contribution >= 0.6 is 11.6 Å². The molecule has 1 N–H and O–H groups in total. The van der Waals surface area contributed by atoms with Crippen LogP contribution in [0, 0.1) is 17.1 Å². The number of nitriles is 1. The Morgan fingerprint density at radius 3 is 2.89 bits per heavy atom. The van der Waals surface area contributed by atoms with E-state index in [2.05, 4.69) is 26.3 Å². The summed E-state index contributed by atoms with van der Waals surface area (Å²) in [5.74, 6) is 0.696. The molecule has 8 heteroatoms. The summed E-state index contributed by atoms with van der Waals surface area (Å²) in [5.41, 5.74) is 2.90. The molecule has 0 radical (unpaired) electrons. The molecule has 0 atom stereocenters. The summed E-state index contributed by atoms with van der Waals surface area (Å²) in [4.78, 5) is 13.1. The van der Waals surface area contributed by atoms with Crippen LogP contribution in [-0.4, -0.2) is 19.5 Å². The number of hydrogen-bond donors (Lipinski definition) is 1. The van der Waals surface area contributed by atoms with Crippen molar-refractivity contribution in [3.63, 3.8) is 0 Å². The van der Waals surface area contributed by atoms with Crippen LogP contribution in [0.3, 0.4) is 0 Å². The van der Waals surface area contributed by atoms with Crippen molar-refractivity contribution in [2.75, 3.05) is 5.32 Å². The van der Waals surface area contributed by atoms with Gasteiger partial charge in [-0.1, -0.05) is 17.7 Å². The van der Waals surface area contributed by atoms with Crippen molar-refractivity contribution >= 4 is 28.5 Å². The third-order valence-corrected chi connectivity index (χ3v) is 4.29. The van der Waals surface area contributed by atoms with E-state index in [0.29, 0.717) is 29.3 Å². The average Bonchev–Trinajstić information content (AvgIpc) is 3.12. The minimum absolute atomic E-state index is 0.0794. The lowest BCUT2D eigenvalue weighted by Crippen LogP contribution is -2.05. The monoisotopic (exact) mass is 378 g/mol. The third kappa shape index (κ3) is 3.43. The quantitative estimate of drug-likeness (QED) is 0.578. The summed E-state index contributed by atoms with van der Waals surface area (Å²) in [7, 11) is 0. The Kier molecular flexibility index (Phi) is 4.40. The van der Waals surface area contributed by atoms with Crippen LogP contribution in [0.2, 0.25) is 5.02 Å². The second-order valence-electron chi connectivity index (χ2n) is 5.79. The number of halogens is 2. The Balaban J connectivity index is 1.59. The van der Waals surface area contributed by atoms with E-state index in [9.17, 15) is 4.39 Å². The third-order valence-electron chi connectivity index (χ3n) is 4.00. The van der Waals surface area contributed by atoms with Crippen LogP contribution < -0.4 is 5.32 Å². The molecule has 0 saturated heterocycles. The topological polar surface area (TPSA) is 79.4 Å². The van der Waals surface area contributed by atoms with Crippen LogP contribution in [-0.2, 0) is 6.54 Å². The number of aromatic nitrogens is 4. The van der Waals surface area contributed by atoms with Crippen LogP contribution in [0.25, 0.3) is 16.9 Å². The van der Waals surface area contributed by atoms with Gasteiger partial charge in [0.25, 0.3) is 0 Å². The average molecular weight is 379 g/mol. The van der Waals surface area contributed by atoms with Gasteiger partial charge in [0, 0.05) is 6.54 Å². The van der Waals surface area contributed by atoms with Crippen molar-refractivity contribution in [1.82, 2.24) is 19.5 Å². The number of imidazole rings is 1. The predicted octanol–water partition coefficient (Wildman–Crippen LogP) is 4.09. The SMILES string of the molecule is N#Cc1ccc2c(c1)ncn2-c1cncc(NCc2ccc(F)c(Cl)c2)n1. The Bertz CT molecular complexity index is 1180. The first kappa shape index (κ1) is 16.9. The summed E-state index contributed by atoms with van der Waals surface area (Å²) in [5, 5.41) is 12.2. The summed E-state index contributed by atoms with van der Waals surface area (Å²) in [6.07, 6.45) is 4.86. The number of hydrogen-bond acceptors (Lipinski definition) is 5. The summed E-state index contributed by atoms with van der Waals surface area (Å²) in [6, 6.07) is 11.9. The number of nitrogens with zero attached hydrogens (tertiary/aromatic N) is 5. The first-order valence-corrected chi connectivity index (χ1v) is 8.39. The van der Waals surface area contributed by atoms with Gasteiger partial charge in [0.05, 0.1) is 40.1 Å². The van der Waals surface area contributed by atoms with E-state index in [-0.39, 0.29) is 5.02 Å². The second kappa shape index (κ2) is 7.02. The molecule has 0 aliphatic heterocycles. The van der Waals surface area contributed by atoms with Gasteiger partial charge >= 0.3 is 0 Å². The molecule has 2 aromatic heterocycles. The van der Waals surface area contributed by atoms with Crippen molar-refractivity contribution < 1.29 is 4.39 Å². The number of fused-ring (bicyclic) bond motifs is 1. The largest absolute Gasteiger partial charge is 0.365 e. The molecule has 2 aromatic carbocycles. The van der Waals surface area contributed by atoms with Gasteiger partial charge in [0.2, 0.25) is 0 Å². The van der Waals surface area contributed by atoms with E-state index < -0.39 is 5.82 Å². The standard InChI is InChI=1S/C19H12ClFN6/c20-14-5-13(1-3-15(14)21)8-24-18-9-23-10-19(26-18)27-11-25-16-6-12(7-22)2-4-17(16)27/h1-6,9-11H,8H2,(H,24,26). The molecule has 0 bridgehead atoms. The molecule has 2 heterocycles. The summed E-state index contributed by atoms with van der Waals surface area (Å²) < 4.78 is 15.0. The van der Waals surface area contributed by atoms with Crippen molar-refractivity contribution in [2.45, 2.75) is 6.54 Å². The highest BCUT2D eigenvalue weighted by Crippen LogP contribution is 2.20. The molecule has 0 aliphatic rings. The smallest absolute Gasteiger partial charge is 0.159 e. The molecule has 0 unspecified atom stereocenters. The number of rotatable bonds is 4. The molecule has 4 aromatic rings. The minimum Gasteiger partial charge on any atom is -0.365 e. The zero-order valence-electron chi connectivity index (χ0n) is 13.9. The van der Waals surface area contributed by atoms with Crippen molar-refractivity contribution in [3.8, 4) is 11.9 Å². The van der Waals surface area contributed by atoms with Crippen LogP contribution in [0.4, 0.5) is 10.2 Å². The fourth-order valence-electron chi connectivity index (χ4n) is 2.66. The fraction of sp³-hybridized carbons (Fsp3) is 0.0526. The first-order valence-electron chi connectivity index (χ1n) is 8.01. The molecule has 0 amide bonds. The molecule has 27 heavy (non-hydrogen) atoms. The number of anilines is 1. The van der Waals surface area contributed by atoms with Crippen molar-refractivity contribution in [3.05, 3.63) is 77.1 Å². The normalized spacial score (nSPS) is 10.7. The Hall–Kier alpha value is -3.50. The van der Waals surface area contributed by atoms with E-state index >= 15 is 0 Å². The van der Waals surface area contributed by atoms with E-state index in [1.165, 1.54) is 6.07 Å². The zero-order valence-corrected chi connectivity index (χ0v) is 14.7. The maximum atomic E-state index is 13.2. The highest BCUT2D eigenvalue weighted by molar-refractivity contribution is 6.30. The first-order chi connectivity index (χ1) is 13.1. The molecular formula is C19H12ClFN6. The molecule has 132 valence electrons. The van der Waals surface area contributed by atoms with Gasteiger partial charge in [-0.15, -0.1) is 0 Å². The maximum Gasteiger partial charge on any atom is 0.159 e. The van der Waals surface area contributed by atoms with Gasteiger partial charge in [-0.3, -0.25) is 9.55 Å². The van der Waals surface area contributed by atoms with Crippen molar-refractivity contribution in [1.29, 1.82) is 5.26 Å². The minimum atomic E-state index is -0.450. The van der Waals surface area contributed by atoms with Gasteiger partial charge in [-0.2, -0.15) is 5.26 Å². The molecule has 0 spiro atoms. The Labute approximate surface area is 158 Å². The van der Waals surface area contributed by atoms with Gasteiger partial charge in [-0.05, 0) is 35.9 Å². The van der Waals surface area contributed by atoms with E-state index in [0.717, 1.165) is 11.1 Å². The van der Waals surface area contributed by atoms with E-state index in [4.69, 9.17) is 16.9 Å². The summed E-state index contributed by atoms with van der Waals surface area (Å²) in [6.45, 7) is 0.425. The fourth-order valence-corrected chi connectivity index (χ4v) is 2.87. The van der Waals surface area contributed by atoms with Crippen LogP contribution in [0.1, 0.15) is 11.1 Å². The Morgan fingerprint density at radius 2 is 2.07 bits per heavy atom. The molecule has 0 saturated carbocycles. The summed E-state index contributed by atoms with van der Waals surface area (Å²) >= 11 is 5.80. The molecule has 0 aliphatic carbocycles. The lowest BCUT2D eigenvalue weighted by molar-refractivity contribution is 0.627. The Morgan fingerprint density at radius 1 is 1.19 bits per heavy atom. The van der Waals surface area contributed by atoms with Crippen LogP contribution in [0.15, 0.2) is 55.1 Å². The molecule has 0 fully saturated rings. The predicted molar refractivity (Wildman–Crippen MR) is 100 cm³/mol. The molecule has 4 rings (SSSR count). The second-order valence-corrected chi connectivity index (χ2v) is 6.20. The zero-order chi connectivity index (χ0) is 18.8. The maximum absolute atomic E-state index is 13.2. The lowest BCUT2D eigenvalue weighted by atomic mass is 10.2. The highest BCUT2D eigenvalue weighted by atomic mass is 35.5. The number of benzene rings is 2. The highest BCUT2D eigenvalue weighted by Gasteiger charge is 2.08. The van der Waals surface area contributed by atoms with E-state index in [1.54, 1.807) is 47.6 Å². The molecular weight excluding hydrogens is 367 g/mol. The molecule has 6 nitrogen and oxygen atoms in total. The van der Waals surface area contributed by atoms with Gasteiger partial charge in [-0.25, -0.2) is 14.4 Å². The van der Waals surface area contributed by atoms with E-state index in [1.807, 2.05) is 6.07 Å². The van der Waals surface area contributed by atoms with Crippen molar-refractivity contribution in [2.24, 2.45) is 0 Å². The lowest BCUT2D eigenvalue weighted by Gasteiger charge is -2.08.